The van der Waals surface area contributed by atoms with Crippen molar-refractivity contribution in [3.8, 4) is 0 Å². The van der Waals surface area contributed by atoms with E-state index in [4.69, 9.17) is 36.0 Å². The third-order valence-corrected chi connectivity index (χ3v) is 10.1. The second-order valence-corrected chi connectivity index (χ2v) is 17.6. The third kappa shape index (κ3) is 37.7. The Kier molecular flexibility index (Phi) is 34.3. The molecular weight excluding hydrogens is 778 g/mol. The Morgan fingerprint density at radius 3 is 1.54 bits per heavy atom. The van der Waals surface area contributed by atoms with E-state index >= 15 is 0 Å². The number of unbranched alkanes of at least 4 members (excludes halogenated alkanes) is 14. The number of esters is 2. The van der Waals surface area contributed by atoms with E-state index in [0.717, 1.165) is 77.0 Å². The van der Waals surface area contributed by atoms with Crippen LogP contribution < -0.4 is 0 Å². The fourth-order valence-corrected chi connectivity index (χ4v) is 5.92. The molecule has 0 aromatic heterocycles. The van der Waals surface area contributed by atoms with E-state index in [0.29, 0.717) is 17.4 Å². The Labute approximate surface area is 336 Å². The summed E-state index contributed by atoms with van der Waals surface area (Å²) in [6, 6.07) is 0. The summed E-state index contributed by atoms with van der Waals surface area (Å²) < 4.78 is 100. The molecule has 0 rings (SSSR count). The number of rotatable bonds is 34. The zero-order valence-corrected chi connectivity index (χ0v) is 36.7. The van der Waals surface area contributed by atoms with Crippen LogP contribution in [0.15, 0.2) is 24.3 Å². The number of halogens is 3. The average molecular weight is 852 g/mol. The molecule has 1 unspecified atom stereocenters. The molecule has 0 bridgehead atoms. The van der Waals surface area contributed by atoms with Gasteiger partial charge < -0.3 is 18.5 Å². The number of quaternary nitrogens is 1. The molecule has 0 spiro atoms. The summed E-state index contributed by atoms with van der Waals surface area (Å²) in [5, 5.41) is 0. The minimum absolute atomic E-state index is 0.131. The maximum Gasteiger partial charge on any atom is 0.485 e. The first kappa shape index (κ1) is 56.3. The van der Waals surface area contributed by atoms with Crippen molar-refractivity contribution < 1.29 is 67.8 Å². The van der Waals surface area contributed by atoms with E-state index in [-0.39, 0.29) is 38.8 Å². The predicted octanol–water partition coefficient (Wildman–Crippen LogP) is 10.3. The normalized spacial score (nSPS) is 14.0. The van der Waals surface area contributed by atoms with Crippen molar-refractivity contribution in [2.24, 2.45) is 0 Å². The molecule has 332 valence electrons. The van der Waals surface area contributed by atoms with Crippen molar-refractivity contribution in [3.63, 3.8) is 0 Å². The van der Waals surface area contributed by atoms with Crippen molar-refractivity contribution in [1.82, 2.24) is 0 Å². The quantitative estimate of drug-likeness (QED) is 0.0116. The first-order chi connectivity index (χ1) is 26.3. The molecule has 17 heteroatoms. The van der Waals surface area contributed by atoms with E-state index in [2.05, 4.69) is 38.2 Å². The van der Waals surface area contributed by atoms with Gasteiger partial charge in [-0.05, 0) is 58.3 Å². The third-order valence-electron chi connectivity index (χ3n) is 8.01. The Morgan fingerprint density at radius 2 is 1.11 bits per heavy atom. The van der Waals surface area contributed by atoms with Crippen molar-refractivity contribution in [1.29, 1.82) is 0 Å². The molecule has 0 aliphatic rings. The molecule has 0 saturated carbocycles. The Balaban J connectivity index is 0. The summed E-state index contributed by atoms with van der Waals surface area (Å²) in [7, 11) is -3.98. The summed E-state index contributed by atoms with van der Waals surface area (Å²) in [4.78, 5) is 25.2. The van der Waals surface area contributed by atoms with Crippen LogP contribution in [-0.4, -0.2) is 95.1 Å². The van der Waals surface area contributed by atoms with Gasteiger partial charge >= 0.3 is 25.3 Å². The molecule has 0 N–H and O–H groups in total. The van der Waals surface area contributed by atoms with Gasteiger partial charge in [0.2, 0.25) is 0 Å². The maximum absolute atomic E-state index is 13.2. The van der Waals surface area contributed by atoms with Gasteiger partial charge in [0.05, 0.1) is 34.4 Å². The van der Waals surface area contributed by atoms with Crippen molar-refractivity contribution in [2.45, 2.75) is 161 Å². The number of hydrogen-bond acceptors (Lipinski definition) is 11. The first-order valence-corrected chi connectivity index (χ1v) is 23.2. The number of nitrogens with zero attached hydrogens (tertiary/aromatic N) is 1. The van der Waals surface area contributed by atoms with Gasteiger partial charge in [-0.25, -0.2) is 13.0 Å². The van der Waals surface area contributed by atoms with Crippen LogP contribution in [0.2, 0.25) is 0 Å². The molecule has 0 radical (unpaired) electrons. The van der Waals surface area contributed by atoms with Gasteiger partial charge in [-0.15, -0.1) is 0 Å². The van der Waals surface area contributed by atoms with Crippen molar-refractivity contribution in [3.05, 3.63) is 24.3 Å². The molecule has 0 heterocycles. The maximum atomic E-state index is 13.2. The highest BCUT2D eigenvalue weighted by Gasteiger charge is 2.37. The van der Waals surface area contributed by atoms with Crippen LogP contribution in [0.1, 0.15) is 149 Å². The van der Waals surface area contributed by atoms with Gasteiger partial charge in [0.15, 0.2) is 16.2 Å². The number of alkyl halides is 3. The summed E-state index contributed by atoms with van der Waals surface area (Å²) in [5.74, 6) is -0.738. The number of ether oxygens (including phenoxy) is 2. The fourth-order valence-electron chi connectivity index (χ4n) is 4.73. The zero-order chi connectivity index (χ0) is 42.8. The molecule has 0 aliphatic carbocycles. The van der Waals surface area contributed by atoms with Crippen LogP contribution in [0.3, 0.4) is 0 Å². The van der Waals surface area contributed by atoms with Gasteiger partial charge in [-0.2, -0.15) is 13.2 Å². The van der Waals surface area contributed by atoms with Crippen LogP contribution in [0.25, 0.3) is 0 Å². The highest BCUT2D eigenvalue weighted by Crippen LogP contribution is 2.49. The standard InChI is InChI=1S/C38H73NO8P.CHF3O3S/c1-7-10-12-14-16-18-20-22-24-26-28-30-37(40)43-34-36(35-46-48(42,44-9-3)45-33-32-39(4,5)6)47-38(41)31-29-27-25-23-21-19-17-15-13-11-8-2;2-1(3,4)8(5,6)7/h14-17,36H,7-13,18-35H2,1-6H3;(H,5,6,7)/q+1;/p-1/b16-14-,17-15-;/t36-,48?;/m1./s1. The number of carbonyl (C=O) groups excluding carboxylic acids is 2. The van der Waals surface area contributed by atoms with E-state index in [9.17, 15) is 27.3 Å². The second-order valence-electron chi connectivity index (χ2n) is 14.5. The number of phosphoric ester groups is 1. The topological polar surface area (TPSA) is 155 Å². The highest BCUT2D eigenvalue weighted by atomic mass is 32.2. The molecule has 0 aliphatic heterocycles. The van der Waals surface area contributed by atoms with Gasteiger partial charge in [0.25, 0.3) is 0 Å². The number of allylic oxidation sites excluding steroid dienone is 4. The van der Waals surface area contributed by atoms with Crippen LogP contribution >= 0.6 is 7.82 Å². The lowest BCUT2D eigenvalue weighted by Crippen LogP contribution is -2.37. The Morgan fingerprint density at radius 1 is 0.679 bits per heavy atom. The van der Waals surface area contributed by atoms with Gasteiger partial charge in [0.1, 0.15) is 19.8 Å². The average Bonchev–Trinajstić information content (AvgIpc) is 3.09. The monoisotopic (exact) mass is 851 g/mol. The number of likely N-dealkylation sites (N-methyl/N-ethyl adjacent to an activating group) is 1. The van der Waals surface area contributed by atoms with Crippen molar-refractivity contribution >= 4 is 29.9 Å². The molecule has 2 atom stereocenters. The van der Waals surface area contributed by atoms with Gasteiger partial charge in [-0.1, -0.05) is 102 Å². The molecule has 12 nitrogen and oxygen atoms in total. The van der Waals surface area contributed by atoms with Crippen LogP contribution in [0, 0.1) is 0 Å². The predicted molar refractivity (Wildman–Crippen MR) is 213 cm³/mol. The van der Waals surface area contributed by atoms with Crippen LogP contribution in [0.5, 0.6) is 0 Å². The summed E-state index contributed by atoms with van der Waals surface area (Å²) in [5.41, 5.74) is -5.65. The number of hydrogen-bond donors (Lipinski definition) is 0. The molecule has 0 aromatic rings. The van der Waals surface area contributed by atoms with Gasteiger partial charge in [-0.3, -0.25) is 23.2 Å². The summed E-state index contributed by atoms with van der Waals surface area (Å²) in [6.07, 6.45) is 28.4. The lowest BCUT2D eigenvalue weighted by Gasteiger charge is -2.25. The highest BCUT2D eigenvalue weighted by molar-refractivity contribution is 7.86. The van der Waals surface area contributed by atoms with Crippen molar-refractivity contribution in [2.75, 3.05) is 54.1 Å². The second kappa shape index (κ2) is 34.1. The molecule has 0 saturated heterocycles. The van der Waals surface area contributed by atoms with E-state index in [1.165, 1.54) is 38.5 Å². The largest absolute Gasteiger partial charge is 0.741 e. The molecule has 0 aromatic carbocycles. The molecule has 56 heavy (non-hydrogen) atoms. The van der Waals surface area contributed by atoms with Crippen LogP contribution in [-0.2, 0) is 47.3 Å². The van der Waals surface area contributed by atoms with Gasteiger partial charge in [0, 0.05) is 12.8 Å². The Hall–Kier alpha value is -1.81. The fraction of sp³-hybridized carbons (Fsp3) is 0.846. The van der Waals surface area contributed by atoms with E-state index in [1.54, 1.807) is 6.92 Å². The van der Waals surface area contributed by atoms with E-state index in [1.807, 2.05) is 21.1 Å². The molecular formula is C39H73F3NO11PS. The summed E-state index contributed by atoms with van der Waals surface area (Å²) in [6.45, 7) is 6.58. The van der Waals surface area contributed by atoms with E-state index < -0.39 is 35.5 Å². The lowest BCUT2D eigenvalue weighted by molar-refractivity contribution is -0.870. The SMILES string of the molecule is CCCC/C=C\CCCCCCCC(=O)OC[C@H](COP(=O)(OCC)OCC[N+](C)(C)C)OC(=O)CCCCCCC/C=C\CCCC.O=S(=O)([O-])C(F)(F)F. The minimum Gasteiger partial charge on any atom is -0.741 e. The van der Waals surface area contributed by atoms with Crippen LogP contribution in [0.4, 0.5) is 13.2 Å². The number of phosphoric acid groups is 1. The smallest absolute Gasteiger partial charge is 0.485 e. The molecule has 0 fully saturated rings. The first-order valence-electron chi connectivity index (χ1n) is 20.3. The Bertz CT molecular complexity index is 1210. The minimum atomic E-state index is -6.09. The zero-order valence-electron chi connectivity index (χ0n) is 35.0. The molecule has 0 amide bonds. The lowest BCUT2D eigenvalue weighted by atomic mass is 10.1. The number of carbonyl (C=O) groups is 2. The summed E-state index contributed by atoms with van der Waals surface area (Å²) >= 11 is 0.